The third kappa shape index (κ3) is 1.85. The smallest absolute Gasteiger partial charge is 0.0417 e. The molecule has 0 heterocycles. The molecule has 3 aromatic rings. The molecule has 1 heteroatoms. The summed E-state index contributed by atoms with van der Waals surface area (Å²) >= 11 is 0. The van der Waals surface area contributed by atoms with Gasteiger partial charge in [0.2, 0.25) is 0 Å². The van der Waals surface area contributed by atoms with Crippen LogP contribution in [0.5, 0.6) is 0 Å². The Labute approximate surface area is 125 Å². The molecule has 1 N–H and O–H groups in total. The van der Waals surface area contributed by atoms with Gasteiger partial charge in [-0.1, -0.05) is 60.7 Å². The Balaban J connectivity index is 1.94. The summed E-state index contributed by atoms with van der Waals surface area (Å²) in [4.78, 5) is 0. The highest BCUT2D eigenvalue weighted by molar-refractivity contribution is 5.88. The first kappa shape index (κ1) is 12.2. The molecule has 21 heavy (non-hydrogen) atoms. The lowest BCUT2D eigenvalue weighted by molar-refractivity contribution is 1.26. The number of hydrogen-bond acceptors (Lipinski definition) is 1. The van der Waals surface area contributed by atoms with Crippen molar-refractivity contribution in [1.82, 2.24) is 0 Å². The Hall–Kier alpha value is -2.54. The number of benzene rings is 3. The van der Waals surface area contributed by atoms with Crippen LogP contribution in [0.15, 0.2) is 66.7 Å². The molecule has 0 radical (unpaired) electrons. The molecule has 3 aromatic carbocycles. The number of fused-ring (bicyclic) bond motifs is 3. The van der Waals surface area contributed by atoms with Crippen molar-refractivity contribution in [3.05, 3.63) is 77.9 Å². The molecule has 0 spiro atoms. The number of anilines is 1. The Morgan fingerprint density at radius 3 is 2.10 bits per heavy atom. The first-order valence-electron chi connectivity index (χ1n) is 7.36. The Kier molecular flexibility index (Phi) is 2.78. The van der Waals surface area contributed by atoms with Gasteiger partial charge in [-0.2, -0.15) is 0 Å². The zero-order chi connectivity index (χ0) is 14.2. The lowest BCUT2D eigenvalue weighted by Crippen LogP contribution is -1.94. The molecule has 1 nitrogen and oxygen atoms in total. The second-order valence-corrected chi connectivity index (χ2v) is 5.46. The zero-order valence-electron chi connectivity index (χ0n) is 12.1. The molecule has 4 rings (SSSR count). The summed E-state index contributed by atoms with van der Waals surface area (Å²) in [6.45, 7) is 0. The Morgan fingerprint density at radius 1 is 0.667 bits per heavy atom. The third-order valence-corrected chi connectivity index (χ3v) is 4.34. The summed E-state index contributed by atoms with van der Waals surface area (Å²) in [6, 6.07) is 23.9. The first-order valence-corrected chi connectivity index (χ1v) is 7.36. The fraction of sp³-hybridized carbons (Fsp3) is 0.100. The van der Waals surface area contributed by atoms with Crippen LogP contribution in [-0.2, 0) is 6.42 Å². The maximum Gasteiger partial charge on any atom is 0.0417 e. The molecule has 0 saturated carbocycles. The van der Waals surface area contributed by atoms with Crippen LogP contribution >= 0.6 is 0 Å². The summed E-state index contributed by atoms with van der Waals surface area (Å²) in [5, 5.41) is 3.31. The van der Waals surface area contributed by atoms with E-state index in [2.05, 4.69) is 72.0 Å². The van der Waals surface area contributed by atoms with Crippen molar-refractivity contribution in [2.24, 2.45) is 0 Å². The van der Waals surface area contributed by atoms with Gasteiger partial charge >= 0.3 is 0 Å². The number of rotatable bonds is 2. The second-order valence-electron chi connectivity index (χ2n) is 5.46. The normalized spacial score (nSPS) is 11.9. The van der Waals surface area contributed by atoms with Crippen molar-refractivity contribution in [2.45, 2.75) is 6.42 Å². The van der Waals surface area contributed by atoms with Crippen molar-refractivity contribution in [2.75, 3.05) is 12.4 Å². The average molecular weight is 271 g/mol. The van der Waals surface area contributed by atoms with Crippen LogP contribution in [-0.4, -0.2) is 7.05 Å². The molecule has 1 aliphatic carbocycles. The van der Waals surface area contributed by atoms with Gasteiger partial charge in [0.1, 0.15) is 0 Å². The van der Waals surface area contributed by atoms with E-state index in [1.54, 1.807) is 0 Å². The summed E-state index contributed by atoms with van der Waals surface area (Å²) < 4.78 is 0. The van der Waals surface area contributed by atoms with E-state index < -0.39 is 0 Å². The molecule has 0 fully saturated rings. The van der Waals surface area contributed by atoms with E-state index in [1.807, 2.05) is 7.05 Å². The monoisotopic (exact) mass is 271 g/mol. The summed E-state index contributed by atoms with van der Waals surface area (Å²) in [7, 11) is 1.98. The largest absolute Gasteiger partial charge is 0.388 e. The minimum atomic E-state index is 1.03. The lowest BCUT2D eigenvalue weighted by atomic mass is 9.94. The fourth-order valence-electron chi connectivity index (χ4n) is 3.35. The van der Waals surface area contributed by atoms with E-state index in [0.717, 1.165) is 6.42 Å². The molecule has 0 atom stereocenters. The molecule has 102 valence electrons. The molecule has 0 aromatic heterocycles. The van der Waals surface area contributed by atoms with E-state index in [9.17, 15) is 0 Å². The van der Waals surface area contributed by atoms with E-state index in [4.69, 9.17) is 0 Å². The van der Waals surface area contributed by atoms with Gasteiger partial charge in [0.25, 0.3) is 0 Å². The van der Waals surface area contributed by atoms with Crippen molar-refractivity contribution in [3.8, 4) is 22.3 Å². The van der Waals surface area contributed by atoms with Gasteiger partial charge in [0.05, 0.1) is 0 Å². The highest BCUT2D eigenvalue weighted by Gasteiger charge is 2.21. The molecule has 0 amide bonds. The van der Waals surface area contributed by atoms with Crippen LogP contribution in [0, 0.1) is 0 Å². The summed E-state index contributed by atoms with van der Waals surface area (Å²) in [5.41, 5.74) is 9.45. The SMILES string of the molecule is CNc1ccccc1-c1cccc2c1Cc1ccccc1-2. The first-order chi connectivity index (χ1) is 10.4. The standard InChI is InChI=1S/C20H17N/c1-21-20-12-5-4-9-18(20)17-11-6-10-16-15-8-3-2-7-14(15)13-19(16)17/h2-12,21H,13H2,1H3. The van der Waals surface area contributed by atoms with Gasteiger partial charge in [0.15, 0.2) is 0 Å². The van der Waals surface area contributed by atoms with Crippen LogP contribution in [0.1, 0.15) is 11.1 Å². The minimum absolute atomic E-state index is 1.03. The molecular formula is C20H17N. The van der Waals surface area contributed by atoms with Crippen LogP contribution < -0.4 is 5.32 Å². The van der Waals surface area contributed by atoms with Crippen molar-refractivity contribution in [1.29, 1.82) is 0 Å². The molecule has 1 aliphatic rings. The second kappa shape index (κ2) is 4.78. The molecule has 0 bridgehead atoms. The summed E-state index contributed by atoms with van der Waals surface area (Å²) in [6.07, 6.45) is 1.03. The average Bonchev–Trinajstić information content (AvgIpc) is 2.93. The number of nitrogens with one attached hydrogen (secondary N) is 1. The van der Waals surface area contributed by atoms with E-state index in [0.29, 0.717) is 0 Å². The maximum atomic E-state index is 3.31. The predicted octanol–water partition coefficient (Wildman–Crippen LogP) is 4.97. The van der Waals surface area contributed by atoms with Crippen LogP contribution in [0.4, 0.5) is 5.69 Å². The maximum absolute atomic E-state index is 3.31. The van der Waals surface area contributed by atoms with Crippen LogP contribution in [0.3, 0.4) is 0 Å². The molecule has 0 saturated heterocycles. The van der Waals surface area contributed by atoms with Gasteiger partial charge in [-0.15, -0.1) is 0 Å². The molecule has 0 aliphatic heterocycles. The van der Waals surface area contributed by atoms with E-state index in [-0.39, 0.29) is 0 Å². The van der Waals surface area contributed by atoms with Gasteiger partial charge in [-0.3, -0.25) is 0 Å². The van der Waals surface area contributed by atoms with Crippen molar-refractivity contribution in [3.63, 3.8) is 0 Å². The lowest BCUT2D eigenvalue weighted by Gasteiger charge is -2.13. The van der Waals surface area contributed by atoms with Gasteiger partial charge in [-0.25, -0.2) is 0 Å². The molecular weight excluding hydrogens is 254 g/mol. The highest BCUT2D eigenvalue weighted by atomic mass is 14.8. The topological polar surface area (TPSA) is 12.0 Å². The van der Waals surface area contributed by atoms with Gasteiger partial charge in [-0.05, 0) is 40.3 Å². The van der Waals surface area contributed by atoms with Crippen LogP contribution in [0.25, 0.3) is 22.3 Å². The predicted molar refractivity (Wildman–Crippen MR) is 89.7 cm³/mol. The molecule has 0 unspecified atom stereocenters. The minimum Gasteiger partial charge on any atom is -0.388 e. The number of hydrogen-bond donors (Lipinski definition) is 1. The van der Waals surface area contributed by atoms with E-state index in [1.165, 1.54) is 39.1 Å². The van der Waals surface area contributed by atoms with E-state index >= 15 is 0 Å². The Bertz CT molecular complexity index is 818. The third-order valence-electron chi connectivity index (χ3n) is 4.34. The van der Waals surface area contributed by atoms with Gasteiger partial charge in [0, 0.05) is 18.3 Å². The number of para-hydroxylation sites is 1. The van der Waals surface area contributed by atoms with Crippen molar-refractivity contribution < 1.29 is 0 Å². The summed E-state index contributed by atoms with van der Waals surface area (Å²) in [5.74, 6) is 0. The Morgan fingerprint density at radius 2 is 1.29 bits per heavy atom. The van der Waals surface area contributed by atoms with Gasteiger partial charge < -0.3 is 5.32 Å². The zero-order valence-corrected chi connectivity index (χ0v) is 12.1. The van der Waals surface area contributed by atoms with Crippen molar-refractivity contribution >= 4 is 5.69 Å². The quantitative estimate of drug-likeness (QED) is 0.543. The van der Waals surface area contributed by atoms with Crippen LogP contribution in [0.2, 0.25) is 0 Å². The highest BCUT2D eigenvalue weighted by Crippen LogP contribution is 2.42. The fourth-order valence-corrected chi connectivity index (χ4v) is 3.35.